The van der Waals surface area contributed by atoms with Crippen LogP contribution < -0.4 is 10.1 Å². The maximum absolute atomic E-state index is 12.4. The van der Waals surface area contributed by atoms with Gasteiger partial charge in [-0.2, -0.15) is 0 Å². The maximum atomic E-state index is 12.4. The molecule has 0 spiro atoms. The third-order valence-corrected chi connectivity index (χ3v) is 5.04. The smallest absolute Gasteiger partial charge is 0.337 e. The number of esters is 1. The Kier molecular flexibility index (Phi) is 4.60. The summed E-state index contributed by atoms with van der Waals surface area (Å²) in [5.74, 6) is 0.207. The molecular formula is C20H16N2O4S. The van der Waals surface area contributed by atoms with E-state index in [-0.39, 0.29) is 5.91 Å². The highest BCUT2D eigenvalue weighted by Gasteiger charge is 2.15. The monoisotopic (exact) mass is 380 g/mol. The van der Waals surface area contributed by atoms with E-state index in [0.717, 1.165) is 23.4 Å². The second-order valence-electron chi connectivity index (χ2n) is 5.98. The second kappa shape index (κ2) is 7.20. The Hall–Kier alpha value is -3.19. The van der Waals surface area contributed by atoms with E-state index >= 15 is 0 Å². The molecule has 136 valence electrons. The molecule has 1 amide bonds. The zero-order chi connectivity index (χ0) is 18.8. The Balaban J connectivity index is 1.47. The van der Waals surface area contributed by atoms with E-state index in [1.54, 1.807) is 24.3 Å². The number of benzene rings is 2. The molecule has 0 saturated heterocycles. The predicted molar refractivity (Wildman–Crippen MR) is 102 cm³/mol. The van der Waals surface area contributed by atoms with Crippen molar-refractivity contribution >= 4 is 28.3 Å². The van der Waals surface area contributed by atoms with Crippen LogP contribution in [-0.4, -0.2) is 30.6 Å². The summed E-state index contributed by atoms with van der Waals surface area (Å²) < 4.78 is 10.2. The van der Waals surface area contributed by atoms with Crippen molar-refractivity contribution in [3.63, 3.8) is 0 Å². The molecule has 0 atom stereocenters. The molecule has 4 rings (SSSR count). The number of anilines is 1. The lowest BCUT2D eigenvalue weighted by Crippen LogP contribution is -2.12. The highest BCUT2D eigenvalue weighted by Crippen LogP contribution is 2.32. The minimum absolute atomic E-state index is 0.283. The second-order valence-corrected chi connectivity index (χ2v) is 6.84. The zero-order valence-electron chi connectivity index (χ0n) is 14.5. The predicted octanol–water partition coefficient (Wildman–Crippen LogP) is 3.78. The fourth-order valence-corrected chi connectivity index (χ4v) is 3.57. The van der Waals surface area contributed by atoms with E-state index < -0.39 is 5.97 Å². The van der Waals surface area contributed by atoms with Crippen molar-refractivity contribution < 1.29 is 19.1 Å². The summed E-state index contributed by atoms with van der Waals surface area (Å²) in [5.41, 5.74) is 3.82. The summed E-state index contributed by atoms with van der Waals surface area (Å²) in [6, 6.07) is 12.3. The van der Waals surface area contributed by atoms with Gasteiger partial charge in [0.1, 0.15) is 5.75 Å². The molecule has 1 aliphatic heterocycles. The number of hydrogen-bond acceptors (Lipinski definition) is 6. The highest BCUT2D eigenvalue weighted by molar-refractivity contribution is 7.14. The number of nitrogens with one attached hydrogen (secondary N) is 1. The third-order valence-electron chi connectivity index (χ3n) is 4.28. The first kappa shape index (κ1) is 17.2. The number of methoxy groups -OCH3 is 1. The van der Waals surface area contributed by atoms with Crippen LogP contribution in [0.3, 0.4) is 0 Å². The van der Waals surface area contributed by atoms with Gasteiger partial charge in [-0.25, -0.2) is 9.78 Å². The first-order chi connectivity index (χ1) is 13.1. The molecule has 0 saturated carbocycles. The lowest BCUT2D eigenvalue weighted by atomic mass is 10.1. The number of rotatable bonds is 4. The molecule has 0 unspecified atom stereocenters. The van der Waals surface area contributed by atoms with E-state index in [2.05, 4.69) is 21.1 Å². The molecule has 2 aromatic carbocycles. The van der Waals surface area contributed by atoms with Gasteiger partial charge >= 0.3 is 5.97 Å². The molecule has 0 radical (unpaired) electrons. The first-order valence-electron chi connectivity index (χ1n) is 8.35. The highest BCUT2D eigenvalue weighted by atomic mass is 32.1. The Labute approximate surface area is 159 Å². The molecular weight excluding hydrogens is 364 g/mol. The molecule has 0 fully saturated rings. The Morgan fingerprint density at radius 2 is 1.93 bits per heavy atom. The Bertz CT molecular complexity index is 1010. The van der Waals surface area contributed by atoms with Crippen LogP contribution in [0.2, 0.25) is 0 Å². The summed E-state index contributed by atoms with van der Waals surface area (Å²) in [6.07, 6.45) is 0.901. The number of fused-ring (bicyclic) bond motifs is 1. The van der Waals surface area contributed by atoms with Gasteiger partial charge in [0.2, 0.25) is 0 Å². The van der Waals surface area contributed by atoms with E-state index in [4.69, 9.17) is 4.74 Å². The third kappa shape index (κ3) is 3.54. The number of aromatic nitrogens is 1. The minimum Gasteiger partial charge on any atom is -0.493 e. The number of carbonyl (C=O) groups excluding carboxylic acids is 2. The summed E-state index contributed by atoms with van der Waals surface area (Å²) in [6.45, 7) is 0.714. The SMILES string of the molecule is COC(=O)c1ccc(C(=O)Nc2nc(-c3ccc4c(c3)CCO4)cs2)cc1. The number of ether oxygens (including phenoxy) is 2. The molecule has 0 bridgehead atoms. The van der Waals surface area contributed by atoms with Crippen molar-refractivity contribution in [2.45, 2.75) is 6.42 Å². The molecule has 27 heavy (non-hydrogen) atoms. The van der Waals surface area contributed by atoms with E-state index in [1.807, 2.05) is 17.5 Å². The normalized spacial score (nSPS) is 12.2. The summed E-state index contributed by atoms with van der Waals surface area (Å²) in [7, 11) is 1.32. The average Bonchev–Trinajstić information content (AvgIpc) is 3.36. The summed E-state index contributed by atoms with van der Waals surface area (Å²) in [5, 5.41) is 5.22. The molecule has 6 nitrogen and oxygen atoms in total. The van der Waals surface area contributed by atoms with Gasteiger partial charge in [-0.15, -0.1) is 11.3 Å². The van der Waals surface area contributed by atoms with E-state index in [1.165, 1.54) is 24.0 Å². The topological polar surface area (TPSA) is 77.5 Å². The lowest BCUT2D eigenvalue weighted by molar-refractivity contribution is 0.0600. The van der Waals surface area contributed by atoms with Crippen LogP contribution in [0.5, 0.6) is 5.75 Å². The minimum atomic E-state index is -0.439. The number of amides is 1. The van der Waals surface area contributed by atoms with Gasteiger partial charge in [0.05, 0.1) is 25.0 Å². The quantitative estimate of drug-likeness (QED) is 0.697. The Morgan fingerprint density at radius 3 is 2.70 bits per heavy atom. The number of carbonyl (C=O) groups is 2. The van der Waals surface area contributed by atoms with Crippen molar-refractivity contribution in [3.8, 4) is 17.0 Å². The lowest BCUT2D eigenvalue weighted by Gasteiger charge is -2.03. The number of thiazole rings is 1. The molecule has 1 N–H and O–H groups in total. The van der Waals surface area contributed by atoms with Gasteiger partial charge in [-0.1, -0.05) is 0 Å². The molecule has 7 heteroatoms. The van der Waals surface area contributed by atoms with Crippen LogP contribution in [0.25, 0.3) is 11.3 Å². The molecule has 3 aromatic rings. The summed E-state index contributed by atoms with van der Waals surface area (Å²) in [4.78, 5) is 28.3. The molecule has 1 aliphatic rings. The first-order valence-corrected chi connectivity index (χ1v) is 9.23. The maximum Gasteiger partial charge on any atom is 0.337 e. The van der Waals surface area contributed by atoms with Crippen LogP contribution in [0.1, 0.15) is 26.3 Å². The molecule has 0 aliphatic carbocycles. The van der Waals surface area contributed by atoms with Gasteiger partial charge in [0.15, 0.2) is 5.13 Å². The average molecular weight is 380 g/mol. The van der Waals surface area contributed by atoms with Crippen molar-refractivity contribution in [2.75, 3.05) is 19.0 Å². The zero-order valence-corrected chi connectivity index (χ0v) is 15.3. The van der Waals surface area contributed by atoms with Gasteiger partial charge in [0.25, 0.3) is 5.91 Å². The van der Waals surface area contributed by atoms with Crippen LogP contribution in [0.15, 0.2) is 47.8 Å². The van der Waals surface area contributed by atoms with Crippen molar-refractivity contribution in [2.24, 2.45) is 0 Å². The van der Waals surface area contributed by atoms with Crippen LogP contribution >= 0.6 is 11.3 Å². The van der Waals surface area contributed by atoms with E-state index in [0.29, 0.717) is 22.9 Å². The molecule has 2 heterocycles. The standard InChI is InChI=1S/C20H16N2O4S/c1-25-19(24)13-4-2-12(3-5-13)18(23)22-20-21-16(11-27-20)14-6-7-17-15(10-14)8-9-26-17/h2-7,10-11H,8-9H2,1H3,(H,21,22,23). The van der Waals surface area contributed by atoms with Crippen molar-refractivity contribution in [1.29, 1.82) is 0 Å². The van der Waals surface area contributed by atoms with Crippen molar-refractivity contribution in [3.05, 3.63) is 64.5 Å². The van der Waals surface area contributed by atoms with Gasteiger partial charge in [-0.3, -0.25) is 10.1 Å². The van der Waals surface area contributed by atoms with Crippen LogP contribution in [0.4, 0.5) is 5.13 Å². The summed E-state index contributed by atoms with van der Waals surface area (Å²) >= 11 is 1.36. The fourth-order valence-electron chi connectivity index (χ4n) is 2.85. The van der Waals surface area contributed by atoms with Gasteiger partial charge < -0.3 is 9.47 Å². The Morgan fingerprint density at radius 1 is 1.15 bits per heavy atom. The van der Waals surface area contributed by atoms with Crippen LogP contribution in [0, 0.1) is 0 Å². The van der Waals surface area contributed by atoms with E-state index in [9.17, 15) is 9.59 Å². The largest absolute Gasteiger partial charge is 0.493 e. The van der Waals surface area contributed by atoms with Crippen LogP contribution in [-0.2, 0) is 11.2 Å². The molecule has 1 aromatic heterocycles. The van der Waals surface area contributed by atoms with Gasteiger partial charge in [-0.05, 0) is 48.0 Å². The number of nitrogens with zero attached hydrogens (tertiary/aromatic N) is 1. The fraction of sp³-hybridized carbons (Fsp3) is 0.150. The number of hydrogen-bond donors (Lipinski definition) is 1. The van der Waals surface area contributed by atoms with Gasteiger partial charge in [0, 0.05) is 22.9 Å². The van der Waals surface area contributed by atoms with Crippen molar-refractivity contribution in [1.82, 2.24) is 4.98 Å².